The van der Waals surface area contributed by atoms with Crippen LogP contribution >= 0.6 is 11.8 Å². The van der Waals surface area contributed by atoms with E-state index in [4.69, 9.17) is 5.73 Å². The Morgan fingerprint density at radius 3 is 3.12 bits per heavy atom. The number of thioether (sulfide) groups is 1. The number of hydrogen-bond donors (Lipinski definition) is 3. The lowest BCUT2D eigenvalue weighted by Gasteiger charge is -2.18. The van der Waals surface area contributed by atoms with E-state index in [1.807, 2.05) is 6.26 Å². The van der Waals surface area contributed by atoms with Crippen LogP contribution in [0, 0.1) is 0 Å². The van der Waals surface area contributed by atoms with Crippen LogP contribution in [0.25, 0.3) is 0 Å². The molecule has 5 nitrogen and oxygen atoms in total. The van der Waals surface area contributed by atoms with Crippen molar-refractivity contribution >= 4 is 23.6 Å². The van der Waals surface area contributed by atoms with Crippen molar-refractivity contribution in [2.45, 2.75) is 37.8 Å². The molecule has 98 valence electrons. The molecular formula is C11H21N3O2S. The van der Waals surface area contributed by atoms with Crippen LogP contribution in [0.1, 0.15) is 25.7 Å². The lowest BCUT2D eigenvalue weighted by Crippen LogP contribution is -2.50. The van der Waals surface area contributed by atoms with Gasteiger partial charge in [-0.05, 0) is 37.7 Å². The summed E-state index contributed by atoms with van der Waals surface area (Å²) in [6, 6.07) is -0.927. The number of hydrogen-bond acceptors (Lipinski definition) is 4. The number of carbonyl (C=O) groups is 2. The molecule has 4 N–H and O–H groups in total. The van der Waals surface area contributed by atoms with Crippen LogP contribution in [-0.2, 0) is 9.59 Å². The summed E-state index contributed by atoms with van der Waals surface area (Å²) in [5.74, 6) is 0.542. The minimum atomic E-state index is -0.515. The van der Waals surface area contributed by atoms with Gasteiger partial charge in [0.05, 0.1) is 6.04 Å². The molecule has 0 aliphatic carbocycles. The van der Waals surface area contributed by atoms with Gasteiger partial charge in [-0.3, -0.25) is 9.59 Å². The summed E-state index contributed by atoms with van der Waals surface area (Å²) < 4.78 is 0. The Kier molecular flexibility index (Phi) is 6.36. The Hall–Kier alpha value is -0.750. The van der Waals surface area contributed by atoms with Gasteiger partial charge in [-0.1, -0.05) is 0 Å². The van der Waals surface area contributed by atoms with Gasteiger partial charge in [0, 0.05) is 6.54 Å². The molecule has 6 heteroatoms. The van der Waals surface area contributed by atoms with Crippen LogP contribution < -0.4 is 16.4 Å². The number of rotatable bonds is 5. The maximum Gasteiger partial charge on any atom is 0.242 e. The maximum absolute atomic E-state index is 11.7. The van der Waals surface area contributed by atoms with E-state index < -0.39 is 12.1 Å². The first-order valence-corrected chi connectivity index (χ1v) is 7.37. The predicted octanol–water partition coefficient (Wildman–Crippen LogP) is -0.148. The summed E-state index contributed by atoms with van der Waals surface area (Å²) in [5, 5.41) is 5.52. The normalized spacial score (nSPS) is 22.5. The van der Waals surface area contributed by atoms with Crippen molar-refractivity contribution in [3.63, 3.8) is 0 Å². The SMILES string of the molecule is CSCC[C@@H](N)C(=O)NC1CCCCNC1=O. The molecule has 1 aliphatic heterocycles. The van der Waals surface area contributed by atoms with E-state index in [-0.39, 0.29) is 11.8 Å². The van der Waals surface area contributed by atoms with Gasteiger partial charge in [-0.2, -0.15) is 11.8 Å². The quantitative estimate of drug-likeness (QED) is 0.641. The van der Waals surface area contributed by atoms with E-state index in [2.05, 4.69) is 10.6 Å². The van der Waals surface area contributed by atoms with Gasteiger partial charge in [-0.15, -0.1) is 0 Å². The van der Waals surface area contributed by atoms with Crippen molar-refractivity contribution in [2.24, 2.45) is 5.73 Å². The molecule has 0 aromatic heterocycles. The number of carbonyl (C=O) groups excluding carboxylic acids is 2. The molecule has 1 aliphatic rings. The monoisotopic (exact) mass is 259 g/mol. The Morgan fingerprint density at radius 1 is 1.65 bits per heavy atom. The van der Waals surface area contributed by atoms with E-state index in [0.717, 1.165) is 18.6 Å². The highest BCUT2D eigenvalue weighted by Gasteiger charge is 2.24. The van der Waals surface area contributed by atoms with Crippen LogP contribution in [-0.4, -0.2) is 42.5 Å². The van der Waals surface area contributed by atoms with Crippen molar-refractivity contribution in [3.8, 4) is 0 Å². The molecule has 0 spiro atoms. The van der Waals surface area contributed by atoms with Crippen LogP contribution in [0.5, 0.6) is 0 Å². The molecule has 0 saturated carbocycles. The molecule has 1 fully saturated rings. The van der Waals surface area contributed by atoms with E-state index in [0.29, 0.717) is 19.4 Å². The fourth-order valence-electron chi connectivity index (χ4n) is 1.73. The van der Waals surface area contributed by atoms with Crippen LogP contribution in [0.4, 0.5) is 0 Å². The smallest absolute Gasteiger partial charge is 0.242 e. The first-order valence-electron chi connectivity index (χ1n) is 5.97. The molecule has 1 saturated heterocycles. The largest absolute Gasteiger partial charge is 0.354 e. The van der Waals surface area contributed by atoms with Gasteiger partial charge < -0.3 is 16.4 Å². The second-order valence-corrected chi connectivity index (χ2v) is 5.22. The summed E-state index contributed by atoms with van der Waals surface area (Å²) >= 11 is 1.66. The van der Waals surface area contributed by atoms with Gasteiger partial charge in [0.15, 0.2) is 0 Å². The number of amides is 2. The van der Waals surface area contributed by atoms with Crippen LogP contribution in [0.2, 0.25) is 0 Å². The number of nitrogens with one attached hydrogen (secondary N) is 2. The first-order chi connectivity index (χ1) is 8.15. The topological polar surface area (TPSA) is 84.2 Å². The van der Waals surface area contributed by atoms with Gasteiger partial charge in [-0.25, -0.2) is 0 Å². The second-order valence-electron chi connectivity index (χ2n) is 4.24. The third-order valence-corrected chi connectivity index (χ3v) is 3.47. The number of nitrogens with two attached hydrogens (primary N) is 1. The lowest BCUT2D eigenvalue weighted by molar-refractivity contribution is -0.129. The van der Waals surface area contributed by atoms with Crippen molar-refractivity contribution in [3.05, 3.63) is 0 Å². The Balaban J connectivity index is 2.40. The highest BCUT2D eigenvalue weighted by atomic mass is 32.2. The molecule has 17 heavy (non-hydrogen) atoms. The van der Waals surface area contributed by atoms with Crippen LogP contribution in [0.15, 0.2) is 0 Å². The highest BCUT2D eigenvalue weighted by Crippen LogP contribution is 2.06. The molecule has 0 aromatic rings. The molecule has 2 amide bonds. The third kappa shape index (κ3) is 4.95. The molecular weight excluding hydrogens is 238 g/mol. The molecule has 0 radical (unpaired) electrons. The Labute approximate surface area is 106 Å². The zero-order valence-electron chi connectivity index (χ0n) is 10.2. The molecule has 1 unspecified atom stereocenters. The first kappa shape index (κ1) is 14.3. The van der Waals surface area contributed by atoms with Gasteiger partial charge in [0.1, 0.15) is 6.04 Å². The van der Waals surface area contributed by atoms with Crippen molar-refractivity contribution in [1.29, 1.82) is 0 Å². The Morgan fingerprint density at radius 2 is 2.41 bits per heavy atom. The van der Waals surface area contributed by atoms with Gasteiger partial charge >= 0.3 is 0 Å². The minimum absolute atomic E-state index is 0.0899. The lowest BCUT2D eigenvalue weighted by atomic mass is 10.1. The molecule has 0 bridgehead atoms. The fraction of sp³-hybridized carbons (Fsp3) is 0.818. The van der Waals surface area contributed by atoms with Gasteiger partial charge in [0.2, 0.25) is 11.8 Å². The van der Waals surface area contributed by atoms with Crippen molar-refractivity contribution in [1.82, 2.24) is 10.6 Å². The summed E-state index contributed by atoms with van der Waals surface area (Å²) in [4.78, 5) is 23.4. The third-order valence-electron chi connectivity index (χ3n) is 2.82. The summed E-state index contributed by atoms with van der Waals surface area (Å²) in [5.41, 5.74) is 5.75. The predicted molar refractivity (Wildman–Crippen MR) is 69.8 cm³/mol. The summed E-state index contributed by atoms with van der Waals surface area (Å²) in [7, 11) is 0. The zero-order chi connectivity index (χ0) is 12.7. The summed E-state index contributed by atoms with van der Waals surface area (Å²) in [6.45, 7) is 0.698. The average Bonchev–Trinajstić information content (AvgIpc) is 2.52. The van der Waals surface area contributed by atoms with Gasteiger partial charge in [0.25, 0.3) is 0 Å². The molecule has 0 aromatic carbocycles. The van der Waals surface area contributed by atoms with E-state index in [9.17, 15) is 9.59 Å². The summed E-state index contributed by atoms with van der Waals surface area (Å²) in [6.07, 6.45) is 5.23. The highest BCUT2D eigenvalue weighted by molar-refractivity contribution is 7.98. The molecule has 1 rings (SSSR count). The minimum Gasteiger partial charge on any atom is -0.354 e. The van der Waals surface area contributed by atoms with E-state index in [1.165, 1.54) is 0 Å². The maximum atomic E-state index is 11.7. The fourth-order valence-corrected chi connectivity index (χ4v) is 2.22. The van der Waals surface area contributed by atoms with E-state index in [1.54, 1.807) is 11.8 Å². The second kappa shape index (κ2) is 7.55. The van der Waals surface area contributed by atoms with Crippen molar-refractivity contribution in [2.75, 3.05) is 18.6 Å². The molecule has 2 atom stereocenters. The van der Waals surface area contributed by atoms with Crippen LogP contribution in [0.3, 0.4) is 0 Å². The van der Waals surface area contributed by atoms with E-state index >= 15 is 0 Å². The Bertz CT molecular complexity index is 273. The average molecular weight is 259 g/mol. The standard InChI is InChI=1S/C11H21N3O2S/c1-17-7-5-8(12)10(15)14-9-4-2-3-6-13-11(9)16/h8-9H,2-7,12H2,1H3,(H,13,16)(H,14,15)/t8-,9?/m1/s1. The van der Waals surface area contributed by atoms with Crippen molar-refractivity contribution < 1.29 is 9.59 Å². The molecule has 1 heterocycles. The zero-order valence-corrected chi connectivity index (χ0v) is 11.0.